The van der Waals surface area contributed by atoms with Crippen LogP contribution in [0.2, 0.25) is 0 Å². The summed E-state index contributed by atoms with van der Waals surface area (Å²) in [6, 6.07) is 5.03. The van der Waals surface area contributed by atoms with Gasteiger partial charge in [-0.05, 0) is 24.1 Å². The molecule has 4 nitrogen and oxygen atoms in total. The first-order valence-corrected chi connectivity index (χ1v) is 6.36. The Balaban J connectivity index is 2.47. The van der Waals surface area contributed by atoms with Gasteiger partial charge >= 0.3 is 5.97 Å². The van der Waals surface area contributed by atoms with E-state index in [2.05, 4.69) is 15.9 Å². The van der Waals surface area contributed by atoms with E-state index in [9.17, 15) is 9.59 Å². The average molecular weight is 308 g/mol. The molecule has 0 saturated carbocycles. The number of aromatic nitrogens is 1. The van der Waals surface area contributed by atoms with Crippen molar-refractivity contribution in [3.8, 4) is 0 Å². The Bertz CT molecular complexity index is 733. The second-order valence-electron chi connectivity index (χ2n) is 4.21. The minimum Gasteiger partial charge on any atom is -0.464 e. The van der Waals surface area contributed by atoms with Crippen LogP contribution in [0.5, 0.6) is 0 Å². The third kappa shape index (κ3) is 1.43. The third-order valence-electron chi connectivity index (χ3n) is 3.30. The zero-order chi connectivity index (χ0) is 12.9. The van der Waals surface area contributed by atoms with Crippen LogP contribution in [0, 0.1) is 0 Å². The van der Waals surface area contributed by atoms with Crippen LogP contribution in [0.3, 0.4) is 0 Å². The number of rotatable bonds is 1. The average Bonchev–Trinajstić information content (AvgIpc) is 2.81. The predicted octanol–water partition coefficient (Wildman–Crippen LogP) is 2.11. The minimum atomic E-state index is -0.471. The number of carbonyl (C=O) groups excluding carboxylic acids is 1. The molecule has 0 bridgehead atoms. The van der Waals surface area contributed by atoms with E-state index >= 15 is 0 Å². The molecule has 0 radical (unpaired) electrons. The number of hydrogen-bond donors (Lipinski definition) is 0. The fraction of sp³-hybridized carbons (Fsp3) is 0.231. The van der Waals surface area contributed by atoms with Gasteiger partial charge in [0.15, 0.2) is 5.43 Å². The standard InChI is InChI=1S/C13H10BrNO3/c1-18-13(17)10-6-11(16)8-2-3-9(14)7-4-5-15(10)12(7)8/h2-3,6H,4-5H2,1H3. The van der Waals surface area contributed by atoms with E-state index < -0.39 is 5.97 Å². The molecule has 0 unspecified atom stereocenters. The lowest BCUT2D eigenvalue weighted by atomic mass is 10.1. The molecule has 1 aliphatic heterocycles. The number of esters is 1. The number of methoxy groups -OCH3 is 1. The van der Waals surface area contributed by atoms with Crippen LogP contribution in [0.4, 0.5) is 0 Å². The normalized spacial score (nSPS) is 13.0. The highest BCUT2D eigenvalue weighted by Gasteiger charge is 2.23. The van der Waals surface area contributed by atoms with Gasteiger partial charge in [0.05, 0.1) is 12.6 Å². The molecule has 0 atom stereocenters. The maximum atomic E-state index is 12.0. The van der Waals surface area contributed by atoms with Crippen molar-refractivity contribution in [3.63, 3.8) is 0 Å². The molecular formula is C13H10BrNO3. The summed E-state index contributed by atoms with van der Waals surface area (Å²) < 4.78 is 7.56. The molecule has 0 amide bonds. The number of halogens is 1. The molecule has 0 N–H and O–H groups in total. The van der Waals surface area contributed by atoms with Crippen molar-refractivity contribution in [1.82, 2.24) is 4.57 Å². The summed E-state index contributed by atoms with van der Waals surface area (Å²) in [4.78, 5) is 23.7. The number of carbonyl (C=O) groups is 1. The molecule has 1 aliphatic rings. The number of pyridine rings is 1. The van der Waals surface area contributed by atoms with Crippen molar-refractivity contribution in [3.05, 3.63) is 44.2 Å². The smallest absolute Gasteiger partial charge is 0.354 e. The summed E-state index contributed by atoms with van der Waals surface area (Å²) in [7, 11) is 1.32. The quantitative estimate of drug-likeness (QED) is 0.758. The van der Waals surface area contributed by atoms with Crippen LogP contribution < -0.4 is 5.43 Å². The molecular weight excluding hydrogens is 298 g/mol. The molecule has 0 aliphatic carbocycles. The fourth-order valence-corrected chi connectivity index (χ4v) is 3.00. The first kappa shape index (κ1) is 11.5. The monoisotopic (exact) mass is 307 g/mol. The number of aryl methyl sites for hydroxylation is 2. The highest BCUT2D eigenvalue weighted by molar-refractivity contribution is 9.10. The minimum absolute atomic E-state index is 0.141. The lowest BCUT2D eigenvalue weighted by Gasteiger charge is -2.10. The van der Waals surface area contributed by atoms with Crippen molar-refractivity contribution in [1.29, 1.82) is 0 Å². The van der Waals surface area contributed by atoms with Gasteiger partial charge in [0.1, 0.15) is 5.69 Å². The van der Waals surface area contributed by atoms with Gasteiger partial charge < -0.3 is 9.30 Å². The summed E-state index contributed by atoms with van der Waals surface area (Å²) in [5, 5.41) is 0.651. The van der Waals surface area contributed by atoms with E-state index in [4.69, 9.17) is 4.74 Å². The van der Waals surface area contributed by atoms with Crippen LogP contribution in [0.25, 0.3) is 10.9 Å². The highest BCUT2D eigenvalue weighted by atomic mass is 79.9. The largest absolute Gasteiger partial charge is 0.464 e. The second kappa shape index (κ2) is 3.95. The number of hydrogen-bond acceptors (Lipinski definition) is 3. The number of nitrogens with zero attached hydrogens (tertiary/aromatic N) is 1. The van der Waals surface area contributed by atoms with E-state index in [1.165, 1.54) is 13.2 Å². The zero-order valence-corrected chi connectivity index (χ0v) is 11.3. The summed E-state index contributed by atoms with van der Waals surface area (Å²) in [6.07, 6.45) is 0.811. The van der Waals surface area contributed by atoms with E-state index in [1.807, 2.05) is 10.6 Å². The van der Waals surface area contributed by atoms with E-state index in [1.54, 1.807) is 6.07 Å². The second-order valence-corrected chi connectivity index (χ2v) is 5.06. The predicted molar refractivity (Wildman–Crippen MR) is 71.0 cm³/mol. The molecule has 0 fully saturated rings. The highest BCUT2D eigenvalue weighted by Crippen LogP contribution is 2.31. The summed E-state index contributed by atoms with van der Waals surface area (Å²) in [6.45, 7) is 0.694. The Morgan fingerprint density at radius 2 is 2.22 bits per heavy atom. The van der Waals surface area contributed by atoms with Gasteiger partial charge in [-0.3, -0.25) is 4.79 Å². The van der Waals surface area contributed by atoms with Crippen LogP contribution in [-0.2, 0) is 17.7 Å². The van der Waals surface area contributed by atoms with Crippen LogP contribution >= 0.6 is 15.9 Å². The van der Waals surface area contributed by atoms with Gasteiger partial charge in [-0.2, -0.15) is 0 Å². The molecule has 2 heterocycles. The van der Waals surface area contributed by atoms with Crippen molar-refractivity contribution >= 4 is 32.8 Å². The SMILES string of the molecule is COC(=O)c1cc(=O)c2ccc(Br)c3c2n1CC3. The molecule has 18 heavy (non-hydrogen) atoms. The Morgan fingerprint density at radius 1 is 1.44 bits per heavy atom. The fourth-order valence-electron chi connectivity index (χ4n) is 2.49. The molecule has 2 aromatic rings. The van der Waals surface area contributed by atoms with Gasteiger partial charge in [-0.15, -0.1) is 0 Å². The maximum absolute atomic E-state index is 12.0. The van der Waals surface area contributed by atoms with E-state index in [0.717, 1.165) is 22.0 Å². The van der Waals surface area contributed by atoms with Crippen LogP contribution in [0.1, 0.15) is 16.1 Å². The van der Waals surface area contributed by atoms with Crippen molar-refractivity contribution in [2.24, 2.45) is 0 Å². The van der Waals surface area contributed by atoms with Gasteiger partial charge in [0.2, 0.25) is 0 Å². The molecule has 3 rings (SSSR count). The zero-order valence-electron chi connectivity index (χ0n) is 9.70. The molecule has 0 saturated heterocycles. The Morgan fingerprint density at radius 3 is 2.94 bits per heavy atom. The number of benzene rings is 1. The molecule has 5 heteroatoms. The Hall–Kier alpha value is -1.62. The van der Waals surface area contributed by atoms with E-state index in [0.29, 0.717) is 17.6 Å². The molecule has 92 valence electrons. The Labute approximate surface area is 111 Å². The first-order valence-electron chi connectivity index (χ1n) is 5.56. The maximum Gasteiger partial charge on any atom is 0.354 e. The van der Waals surface area contributed by atoms with Gasteiger partial charge in [-0.1, -0.05) is 15.9 Å². The van der Waals surface area contributed by atoms with Crippen LogP contribution in [0.15, 0.2) is 27.5 Å². The van der Waals surface area contributed by atoms with Gasteiger partial charge in [0, 0.05) is 22.5 Å². The number of ether oxygens (including phenoxy) is 1. The van der Waals surface area contributed by atoms with Gasteiger partial charge in [-0.25, -0.2) is 4.79 Å². The lowest BCUT2D eigenvalue weighted by Crippen LogP contribution is -2.17. The molecule has 0 spiro atoms. The molecule has 1 aromatic heterocycles. The van der Waals surface area contributed by atoms with Gasteiger partial charge in [0.25, 0.3) is 0 Å². The summed E-state index contributed by atoms with van der Waals surface area (Å²) in [5.74, 6) is -0.471. The van der Waals surface area contributed by atoms with Crippen molar-refractivity contribution in [2.75, 3.05) is 7.11 Å². The van der Waals surface area contributed by atoms with Crippen molar-refractivity contribution < 1.29 is 9.53 Å². The topological polar surface area (TPSA) is 48.3 Å². The van der Waals surface area contributed by atoms with Crippen LogP contribution in [-0.4, -0.2) is 17.6 Å². The first-order chi connectivity index (χ1) is 8.63. The summed E-state index contributed by atoms with van der Waals surface area (Å²) in [5.41, 5.74) is 2.11. The molecule has 1 aromatic carbocycles. The van der Waals surface area contributed by atoms with Crippen molar-refractivity contribution in [2.45, 2.75) is 13.0 Å². The van der Waals surface area contributed by atoms with E-state index in [-0.39, 0.29) is 5.43 Å². The third-order valence-corrected chi connectivity index (χ3v) is 4.04. The Kier molecular flexibility index (Phi) is 2.52. The summed E-state index contributed by atoms with van der Waals surface area (Å²) >= 11 is 3.48. The lowest BCUT2D eigenvalue weighted by molar-refractivity contribution is 0.0588.